The quantitative estimate of drug-likeness (QED) is 0.759. The summed E-state index contributed by atoms with van der Waals surface area (Å²) in [5.74, 6) is 0.527. The van der Waals surface area contributed by atoms with Gasteiger partial charge in [0.2, 0.25) is 0 Å². The van der Waals surface area contributed by atoms with Crippen molar-refractivity contribution in [3.05, 3.63) is 48.0 Å². The summed E-state index contributed by atoms with van der Waals surface area (Å²) in [5, 5.41) is 3.55. The van der Waals surface area contributed by atoms with Crippen LogP contribution in [0.5, 0.6) is 0 Å². The maximum Gasteiger partial charge on any atom is 0.0529 e. The van der Waals surface area contributed by atoms with Gasteiger partial charge in [-0.05, 0) is 43.8 Å². The normalized spacial score (nSPS) is 14.4. The van der Waals surface area contributed by atoms with Gasteiger partial charge in [-0.1, -0.05) is 43.0 Å². The predicted molar refractivity (Wildman–Crippen MR) is 87.3 cm³/mol. The number of rotatable bonds is 3. The molecular weight excluding hydrogens is 264 g/mol. The smallest absolute Gasteiger partial charge is 0.0529 e. The lowest BCUT2D eigenvalue weighted by molar-refractivity contribution is 0.381. The Labute approximate surface area is 125 Å². The molecule has 0 saturated carbocycles. The Kier molecular flexibility index (Phi) is 3.72. The highest BCUT2D eigenvalue weighted by molar-refractivity contribution is 7.99. The van der Waals surface area contributed by atoms with Crippen molar-refractivity contribution in [2.45, 2.75) is 22.6 Å². The SMILES string of the molecule is CC(CN(C)C)c1cccc2c1Sc1ccccc1N2. The van der Waals surface area contributed by atoms with Crippen molar-refractivity contribution in [1.29, 1.82) is 0 Å². The summed E-state index contributed by atoms with van der Waals surface area (Å²) < 4.78 is 0. The van der Waals surface area contributed by atoms with E-state index >= 15 is 0 Å². The fraction of sp³-hybridized carbons (Fsp3) is 0.294. The van der Waals surface area contributed by atoms with Crippen LogP contribution in [-0.4, -0.2) is 25.5 Å². The maximum atomic E-state index is 3.55. The van der Waals surface area contributed by atoms with Crippen molar-refractivity contribution >= 4 is 23.1 Å². The van der Waals surface area contributed by atoms with Crippen molar-refractivity contribution in [1.82, 2.24) is 4.90 Å². The van der Waals surface area contributed by atoms with Gasteiger partial charge >= 0.3 is 0 Å². The molecule has 0 aliphatic carbocycles. The fourth-order valence-corrected chi connectivity index (χ4v) is 3.93. The molecule has 0 spiro atoms. The Hall–Kier alpha value is -1.45. The highest BCUT2D eigenvalue weighted by atomic mass is 32.2. The largest absolute Gasteiger partial charge is 0.354 e. The zero-order valence-electron chi connectivity index (χ0n) is 12.2. The van der Waals surface area contributed by atoms with Crippen LogP contribution in [0.1, 0.15) is 18.4 Å². The molecular formula is C17H20N2S. The first kappa shape index (κ1) is 13.5. The van der Waals surface area contributed by atoms with Gasteiger partial charge < -0.3 is 10.2 Å². The molecule has 1 N–H and O–H groups in total. The molecule has 0 amide bonds. The Bertz CT molecular complexity index is 622. The first-order valence-electron chi connectivity index (χ1n) is 6.96. The topological polar surface area (TPSA) is 15.3 Å². The van der Waals surface area contributed by atoms with Crippen molar-refractivity contribution in [2.75, 3.05) is 26.0 Å². The van der Waals surface area contributed by atoms with E-state index in [0.717, 1.165) is 6.54 Å². The number of benzene rings is 2. The Morgan fingerprint density at radius 3 is 2.60 bits per heavy atom. The van der Waals surface area contributed by atoms with Crippen LogP contribution in [0.25, 0.3) is 0 Å². The van der Waals surface area contributed by atoms with E-state index in [1.807, 2.05) is 11.8 Å². The minimum absolute atomic E-state index is 0.527. The van der Waals surface area contributed by atoms with Gasteiger partial charge in [-0.15, -0.1) is 0 Å². The van der Waals surface area contributed by atoms with Crippen LogP contribution in [0.2, 0.25) is 0 Å². The van der Waals surface area contributed by atoms with Crippen LogP contribution in [0.3, 0.4) is 0 Å². The van der Waals surface area contributed by atoms with Gasteiger partial charge in [-0.3, -0.25) is 0 Å². The molecule has 1 unspecified atom stereocenters. The molecule has 0 fully saturated rings. The summed E-state index contributed by atoms with van der Waals surface area (Å²) in [5.41, 5.74) is 3.88. The average Bonchev–Trinajstić information content (AvgIpc) is 2.43. The Balaban J connectivity index is 1.97. The lowest BCUT2D eigenvalue weighted by Gasteiger charge is -2.26. The van der Waals surface area contributed by atoms with Crippen LogP contribution in [0.15, 0.2) is 52.3 Å². The molecule has 104 valence electrons. The summed E-state index contributed by atoms with van der Waals surface area (Å²) in [6.45, 7) is 3.37. The molecule has 0 aromatic heterocycles. The van der Waals surface area contributed by atoms with E-state index in [9.17, 15) is 0 Å². The van der Waals surface area contributed by atoms with Crippen molar-refractivity contribution in [2.24, 2.45) is 0 Å². The van der Waals surface area contributed by atoms with Crippen LogP contribution in [-0.2, 0) is 0 Å². The number of likely N-dealkylation sites (N-methyl/N-ethyl adjacent to an activating group) is 1. The van der Waals surface area contributed by atoms with E-state index in [4.69, 9.17) is 0 Å². The molecule has 1 aliphatic heterocycles. The maximum absolute atomic E-state index is 3.55. The van der Waals surface area contributed by atoms with Gasteiger partial charge in [0, 0.05) is 16.3 Å². The summed E-state index contributed by atoms with van der Waals surface area (Å²) in [6.07, 6.45) is 0. The van der Waals surface area contributed by atoms with E-state index in [0.29, 0.717) is 5.92 Å². The van der Waals surface area contributed by atoms with Gasteiger partial charge in [0.1, 0.15) is 0 Å². The summed E-state index contributed by atoms with van der Waals surface area (Å²) >= 11 is 1.88. The molecule has 20 heavy (non-hydrogen) atoms. The van der Waals surface area contributed by atoms with Gasteiger partial charge in [0.15, 0.2) is 0 Å². The lowest BCUT2D eigenvalue weighted by Crippen LogP contribution is -2.19. The second-order valence-electron chi connectivity index (χ2n) is 5.61. The molecule has 0 bridgehead atoms. The van der Waals surface area contributed by atoms with Gasteiger partial charge in [0.25, 0.3) is 0 Å². The van der Waals surface area contributed by atoms with Crippen LogP contribution >= 0.6 is 11.8 Å². The molecule has 3 heteroatoms. The Morgan fingerprint density at radius 2 is 1.80 bits per heavy atom. The minimum Gasteiger partial charge on any atom is -0.354 e. The number of anilines is 2. The number of nitrogens with zero attached hydrogens (tertiary/aromatic N) is 1. The second kappa shape index (κ2) is 5.51. The summed E-state index contributed by atoms with van der Waals surface area (Å²) in [7, 11) is 4.26. The van der Waals surface area contributed by atoms with Crippen LogP contribution in [0.4, 0.5) is 11.4 Å². The van der Waals surface area contributed by atoms with E-state index in [1.54, 1.807) is 0 Å². The molecule has 1 atom stereocenters. The highest BCUT2D eigenvalue weighted by Crippen LogP contribution is 2.47. The monoisotopic (exact) mass is 284 g/mol. The average molecular weight is 284 g/mol. The summed E-state index contributed by atoms with van der Waals surface area (Å²) in [4.78, 5) is 4.93. The van der Waals surface area contributed by atoms with Crippen molar-refractivity contribution in [3.8, 4) is 0 Å². The minimum atomic E-state index is 0.527. The van der Waals surface area contributed by atoms with Gasteiger partial charge in [-0.25, -0.2) is 0 Å². The van der Waals surface area contributed by atoms with Crippen LogP contribution < -0.4 is 5.32 Å². The fourth-order valence-electron chi connectivity index (χ4n) is 2.72. The van der Waals surface area contributed by atoms with Crippen molar-refractivity contribution in [3.63, 3.8) is 0 Å². The van der Waals surface area contributed by atoms with E-state index in [2.05, 4.69) is 73.7 Å². The van der Waals surface area contributed by atoms with E-state index in [1.165, 1.54) is 26.7 Å². The third-order valence-corrected chi connectivity index (χ3v) is 4.82. The van der Waals surface area contributed by atoms with Gasteiger partial charge in [0.05, 0.1) is 11.4 Å². The predicted octanol–water partition coefficient (Wildman–Crippen LogP) is 4.56. The molecule has 2 aromatic rings. The molecule has 2 aromatic carbocycles. The lowest BCUT2D eigenvalue weighted by atomic mass is 10.00. The third kappa shape index (κ3) is 2.56. The Morgan fingerprint density at radius 1 is 1.05 bits per heavy atom. The molecule has 1 heterocycles. The molecule has 0 saturated heterocycles. The number of hydrogen-bond acceptors (Lipinski definition) is 3. The molecule has 0 radical (unpaired) electrons. The van der Waals surface area contributed by atoms with E-state index < -0.39 is 0 Å². The number of para-hydroxylation sites is 1. The molecule has 3 rings (SSSR count). The molecule has 2 nitrogen and oxygen atoms in total. The van der Waals surface area contributed by atoms with E-state index in [-0.39, 0.29) is 0 Å². The zero-order valence-corrected chi connectivity index (χ0v) is 13.0. The number of hydrogen-bond donors (Lipinski definition) is 1. The second-order valence-corrected chi connectivity index (χ2v) is 6.66. The summed E-state index contributed by atoms with van der Waals surface area (Å²) in [6, 6.07) is 15.1. The third-order valence-electron chi connectivity index (χ3n) is 3.58. The molecule has 1 aliphatic rings. The first-order chi connectivity index (χ1) is 9.65. The number of fused-ring (bicyclic) bond motifs is 2. The first-order valence-corrected chi connectivity index (χ1v) is 7.78. The highest BCUT2D eigenvalue weighted by Gasteiger charge is 2.20. The number of nitrogens with one attached hydrogen (secondary N) is 1. The van der Waals surface area contributed by atoms with Crippen LogP contribution in [0, 0.1) is 0 Å². The standard InChI is InChI=1S/C17H20N2S/c1-12(11-19(2)3)13-7-6-9-15-17(13)20-16-10-5-4-8-14(16)18-15/h4-10,12,18H,11H2,1-3H3. The van der Waals surface area contributed by atoms with Gasteiger partial charge in [-0.2, -0.15) is 0 Å². The van der Waals surface area contributed by atoms with Crippen molar-refractivity contribution < 1.29 is 0 Å². The zero-order chi connectivity index (χ0) is 14.1.